The Morgan fingerprint density at radius 1 is 1.25 bits per heavy atom. The van der Waals surface area contributed by atoms with Crippen molar-refractivity contribution in [2.45, 2.75) is 26.6 Å². The van der Waals surface area contributed by atoms with Crippen LogP contribution in [0.15, 0.2) is 53.2 Å². The van der Waals surface area contributed by atoms with Crippen LogP contribution in [-0.4, -0.2) is 4.98 Å². The summed E-state index contributed by atoms with van der Waals surface area (Å²) < 4.78 is 39.1. The average Bonchev–Trinajstić information content (AvgIpc) is 2.97. The second-order valence-electron chi connectivity index (χ2n) is 6.15. The van der Waals surface area contributed by atoms with Crippen molar-refractivity contribution in [1.82, 2.24) is 4.98 Å². The minimum absolute atomic E-state index is 0.452. The molecule has 1 unspecified atom stereocenters. The van der Waals surface area contributed by atoms with Crippen molar-refractivity contribution in [2.24, 2.45) is 7.05 Å². The van der Waals surface area contributed by atoms with Crippen molar-refractivity contribution in [3.63, 3.8) is 0 Å². The van der Waals surface area contributed by atoms with Gasteiger partial charge in [-0.15, -0.1) is 0 Å². The van der Waals surface area contributed by atoms with Crippen LogP contribution in [0.25, 0.3) is 33.3 Å². The van der Waals surface area contributed by atoms with E-state index in [0.29, 0.717) is 5.56 Å². The number of hydrogen-bond acceptors (Lipinski definition) is 2. The van der Waals surface area contributed by atoms with Crippen LogP contribution in [0.1, 0.15) is 36.3 Å². The fourth-order valence-corrected chi connectivity index (χ4v) is 3.13. The molecule has 3 nitrogen and oxygen atoms in total. The van der Waals surface area contributed by atoms with Gasteiger partial charge in [0.25, 0.3) is 0 Å². The Hall–Kier alpha value is -2.68. The van der Waals surface area contributed by atoms with Crippen molar-refractivity contribution in [2.75, 3.05) is 0 Å². The van der Waals surface area contributed by atoms with Gasteiger partial charge < -0.3 is 4.42 Å². The van der Waals surface area contributed by atoms with E-state index >= 15 is 0 Å². The van der Waals surface area contributed by atoms with Crippen LogP contribution < -0.4 is 4.57 Å². The highest BCUT2D eigenvalue weighted by Crippen LogP contribution is 2.32. The zero-order valence-electron chi connectivity index (χ0n) is 17.9. The molecule has 24 heavy (non-hydrogen) atoms. The van der Waals surface area contributed by atoms with Gasteiger partial charge in [0.15, 0.2) is 11.8 Å². The van der Waals surface area contributed by atoms with E-state index in [1.807, 2.05) is 42.8 Å². The highest BCUT2D eigenvalue weighted by molar-refractivity contribution is 6.04. The standard InChI is InChI=1S/C21H21N2O/c1-13(2)15-7-8-18(23(4)12-15)16-11-17-20(10-14(16)3)24-19-6-5-9-22-21(17)19/h5-13H,1-4H3/q+1/i1D3,13D. The van der Waals surface area contributed by atoms with Gasteiger partial charge in [-0.25, -0.2) is 4.57 Å². The van der Waals surface area contributed by atoms with E-state index in [9.17, 15) is 0 Å². The molecule has 0 aliphatic carbocycles. The zero-order valence-corrected chi connectivity index (χ0v) is 13.9. The quantitative estimate of drug-likeness (QED) is 0.491. The first-order valence-corrected chi connectivity index (χ1v) is 7.88. The number of benzene rings is 1. The van der Waals surface area contributed by atoms with E-state index in [-0.39, 0.29) is 0 Å². The van der Waals surface area contributed by atoms with Gasteiger partial charge in [0, 0.05) is 34.3 Å². The molecular weight excluding hydrogens is 296 g/mol. The Kier molecular flexibility index (Phi) is 2.49. The third kappa shape index (κ3) is 2.28. The maximum absolute atomic E-state index is 8.31. The molecule has 3 heteroatoms. The van der Waals surface area contributed by atoms with Crippen molar-refractivity contribution >= 4 is 22.1 Å². The molecule has 0 bridgehead atoms. The maximum Gasteiger partial charge on any atom is 0.212 e. The summed E-state index contributed by atoms with van der Waals surface area (Å²) in [5.74, 6) is -1.67. The minimum atomic E-state index is -2.41. The van der Waals surface area contributed by atoms with Gasteiger partial charge in [0.2, 0.25) is 5.69 Å². The Morgan fingerprint density at radius 3 is 2.92 bits per heavy atom. The Bertz CT molecular complexity index is 1210. The van der Waals surface area contributed by atoms with E-state index in [0.717, 1.165) is 38.9 Å². The molecule has 0 N–H and O–H groups in total. The summed E-state index contributed by atoms with van der Waals surface area (Å²) >= 11 is 0. The van der Waals surface area contributed by atoms with E-state index in [4.69, 9.17) is 9.90 Å². The summed E-state index contributed by atoms with van der Waals surface area (Å²) in [5, 5.41) is 0.938. The fraction of sp³-hybridized carbons (Fsp3) is 0.238. The Morgan fingerprint density at radius 2 is 2.12 bits per heavy atom. The summed E-state index contributed by atoms with van der Waals surface area (Å²) in [7, 11) is 1.86. The minimum Gasteiger partial charge on any atom is -0.454 e. The molecular formula is C21H21N2O+. The lowest BCUT2D eigenvalue weighted by Crippen LogP contribution is -2.31. The number of hydrogen-bond donors (Lipinski definition) is 0. The Balaban J connectivity index is 1.88. The molecule has 4 rings (SSSR count). The molecule has 0 amide bonds. The molecule has 3 aromatic heterocycles. The van der Waals surface area contributed by atoms with Crippen LogP contribution >= 0.6 is 0 Å². The van der Waals surface area contributed by atoms with Gasteiger partial charge in [-0.1, -0.05) is 13.8 Å². The molecule has 0 radical (unpaired) electrons. The summed E-state index contributed by atoms with van der Waals surface area (Å²) in [6.45, 7) is 1.04. The van der Waals surface area contributed by atoms with Crippen molar-refractivity contribution in [3.05, 3.63) is 59.9 Å². The fourth-order valence-electron chi connectivity index (χ4n) is 3.13. The number of aromatic nitrogens is 2. The van der Waals surface area contributed by atoms with Gasteiger partial charge in [0.1, 0.15) is 18.1 Å². The van der Waals surface area contributed by atoms with E-state index in [1.54, 1.807) is 18.5 Å². The van der Waals surface area contributed by atoms with Gasteiger partial charge in [-0.05, 0) is 48.7 Å². The summed E-state index contributed by atoms with van der Waals surface area (Å²) in [6, 6.07) is 11.4. The summed E-state index contributed by atoms with van der Waals surface area (Å²) in [6.07, 6.45) is 3.47. The summed E-state index contributed by atoms with van der Waals surface area (Å²) in [5.41, 5.74) is 5.78. The molecule has 1 atom stereocenters. The third-order valence-corrected chi connectivity index (χ3v) is 4.41. The predicted molar refractivity (Wildman–Crippen MR) is 97.0 cm³/mol. The van der Waals surface area contributed by atoms with Crippen molar-refractivity contribution < 1.29 is 14.5 Å². The lowest BCUT2D eigenvalue weighted by Gasteiger charge is -2.08. The third-order valence-electron chi connectivity index (χ3n) is 4.41. The molecule has 0 aliphatic heterocycles. The highest BCUT2D eigenvalue weighted by atomic mass is 16.3. The van der Waals surface area contributed by atoms with Crippen LogP contribution in [-0.2, 0) is 7.05 Å². The molecule has 0 saturated carbocycles. The number of rotatable bonds is 2. The monoisotopic (exact) mass is 321 g/mol. The number of aryl methyl sites for hydroxylation is 2. The summed E-state index contributed by atoms with van der Waals surface area (Å²) in [4.78, 5) is 4.44. The topological polar surface area (TPSA) is 29.9 Å². The van der Waals surface area contributed by atoms with Crippen molar-refractivity contribution in [1.29, 1.82) is 0 Å². The number of furan rings is 1. The second kappa shape index (κ2) is 5.45. The average molecular weight is 321 g/mol. The molecule has 0 fully saturated rings. The van der Waals surface area contributed by atoms with E-state index < -0.39 is 12.7 Å². The van der Waals surface area contributed by atoms with Crippen molar-refractivity contribution in [3.8, 4) is 11.3 Å². The van der Waals surface area contributed by atoms with Gasteiger partial charge in [-0.2, -0.15) is 0 Å². The first-order valence-electron chi connectivity index (χ1n) is 9.88. The SMILES string of the molecule is [2H]C([2H])([2H])C([2H])(C)c1ccc(-c2cc3c(cc2C)oc2cccnc23)[n+](C)c1. The van der Waals surface area contributed by atoms with Crippen LogP contribution in [0.4, 0.5) is 0 Å². The first kappa shape index (κ1) is 11.0. The van der Waals surface area contributed by atoms with E-state index in [2.05, 4.69) is 11.1 Å². The number of fused-ring (bicyclic) bond motifs is 3. The number of nitrogens with zero attached hydrogens (tertiary/aromatic N) is 2. The zero-order chi connectivity index (χ0) is 20.3. The number of pyridine rings is 2. The normalized spacial score (nSPS) is 17.1. The van der Waals surface area contributed by atoms with Gasteiger partial charge in [0.05, 0.1) is 0 Å². The molecule has 0 spiro atoms. The smallest absolute Gasteiger partial charge is 0.212 e. The molecule has 0 saturated heterocycles. The predicted octanol–water partition coefficient (Wildman–Crippen LogP) is 4.90. The molecule has 1 aromatic carbocycles. The highest BCUT2D eigenvalue weighted by Gasteiger charge is 2.17. The van der Waals surface area contributed by atoms with Crippen LogP contribution in [0, 0.1) is 6.92 Å². The molecule has 3 heterocycles. The lowest BCUT2D eigenvalue weighted by molar-refractivity contribution is -0.660. The lowest BCUT2D eigenvalue weighted by atomic mass is 10.00. The first-order chi connectivity index (χ1) is 13.1. The van der Waals surface area contributed by atoms with Crippen LogP contribution in [0.5, 0.6) is 0 Å². The van der Waals surface area contributed by atoms with Gasteiger partial charge in [-0.3, -0.25) is 4.98 Å². The second-order valence-corrected chi connectivity index (χ2v) is 6.15. The van der Waals surface area contributed by atoms with Crippen LogP contribution in [0.3, 0.4) is 0 Å². The van der Waals surface area contributed by atoms with Crippen LogP contribution in [0.2, 0.25) is 0 Å². The molecule has 0 aliphatic rings. The Labute approximate surface area is 147 Å². The maximum atomic E-state index is 8.31. The van der Waals surface area contributed by atoms with Gasteiger partial charge >= 0.3 is 0 Å². The van der Waals surface area contributed by atoms with E-state index in [1.165, 1.54) is 6.92 Å². The molecule has 4 aromatic rings. The largest absolute Gasteiger partial charge is 0.454 e. The molecule has 120 valence electrons.